The van der Waals surface area contributed by atoms with E-state index in [1.165, 1.54) is 7.05 Å². The SMILES string of the molecule is CN1C(=O)CN(c2ccc(C(N)C(=O)O)cc2)CC1=O. The molecule has 0 aromatic heterocycles. The second-order valence-corrected chi connectivity index (χ2v) is 4.61. The highest BCUT2D eigenvalue weighted by atomic mass is 16.4. The molecule has 0 radical (unpaired) electrons. The number of hydrogen-bond donors (Lipinski definition) is 2. The minimum atomic E-state index is -1.11. The third-order valence-electron chi connectivity index (χ3n) is 3.28. The Bertz CT molecular complexity index is 537. The molecule has 0 spiro atoms. The predicted molar refractivity (Wildman–Crippen MR) is 71.0 cm³/mol. The number of imide groups is 1. The highest BCUT2D eigenvalue weighted by Gasteiger charge is 2.28. The van der Waals surface area contributed by atoms with Crippen molar-refractivity contribution in [1.29, 1.82) is 0 Å². The van der Waals surface area contributed by atoms with Crippen LogP contribution in [0.3, 0.4) is 0 Å². The average molecular weight is 277 g/mol. The zero-order valence-electron chi connectivity index (χ0n) is 10.9. The van der Waals surface area contributed by atoms with Crippen LogP contribution in [-0.4, -0.2) is 47.9 Å². The Hall–Kier alpha value is -2.41. The Morgan fingerprint density at radius 2 is 1.70 bits per heavy atom. The Morgan fingerprint density at radius 3 is 2.15 bits per heavy atom. The number of carbonyl (C=O) groups excluding carboxylic acids is 2. The van der Waals surface area contributed by atoms with E-state index < -0.39 is 12.0 Å². The molecule has 0 bridgehead atoms. The van der Waals surface area contributed by atoms with Crippen LogP contribution in [-0.2, 0) is 14.4 Å². The summed E-state index contributed by atoms with van der Waals surface area (Å²) in [5, 5.41) is 8.82. The van der Waals surface area contributed by atoms with Gasteiger partial charge in [-0.2, -0.15) is 0 Å². The lowest BCUT2D eigenvalue weighted by Crippen LogP contribution is -2.52. The maximum Gasteiger partial charge on any atom is 0.325 e. The molecule has 0 aliphatic carbocycles. The van der Waals surface area contributed by atoms with Crippen molar-refractivity contribution in [2.75, 3.05) is 25.0 Å². The van der Waals surface area contributed by atoms with Gasteiger partial charge in [0.25, 0.3) is 0 Å². The van der Waals surface area contributed by atoms with Crippen LogP contribution in [0.5, 0.6) is 0 Å². The molecular formula is C13H15N3O4. The molecule has 1 aromatic rings. The largest absolute Gasteiger partial charge is 0.480 e. The molecule has 3 N–H and O–H groups in total. The minimum absolute atomic E-state index is 0.118. The van der Waals surface area contributed by atoms with Gasteiger partial charge in [0.2, 0.25) is 11.8 Å². The fourth-order valence-corrected chi connectivity index (χ4v) is 1.95. The number of carboxylic acids is 1. The van der Waals surface area contributed by atoms with E-state index >= 15 is 0 Å². The van der Waals surface area contributed by atoms with Crippen LogP contribution in [0.25, 0.3) is 0 Å². The summed E-state index contributed by atoms with van der Waals surface area (Å²) in [5.74, 6) is -1.65. The topological polar surface area (TPSA) is 104 Å². The van der Waals surface area contributed by atoms with E-state index in [0.717, 1.165) is 4.90 Å². The van der Waals surface area contributed by atoms with E-state index in [1.54, 1.807) is 29.2 Å². The van der Waals surface area contributed by atoms with Gasteiger partial charge in [0, 0.05) is 12.7 Å². The molecule has 1 fully saturated rings. The molecule has 20 heavy (non-hydrogen) atoms. The number of aliphatic carboxylic acids is 1. The minimum Gasteiger partial charge on any atom is -0.480 e. The quantitative estimate of drug-likeness (QED) is 0.727. The van der Waals surface area contributed by atoms with Crippen molar-refractivity contribution in [3.8, 4) is 0 Å². The van der Waals surface area contributed by atoms with E-state index in [1.807, 2.05) is 0 Å². The third kappa shape index (κ3) is 2.62. The van der Waals surface area contributed by atoms with Crippen molar-refractivity contribution in [3.63, 3.8) is 0 Å². The van der Waals surface area contributed by atoms with Crippen LogP contribution in [0.1, 0.15) is 11.6 Å². The molecule has 2 amide bonds. The molecule has 7 heteroatoms. The monoisotopic (exact) mass is 277 g/mol. The zero-order valence-corrected chi connectivity index (χ0v) is 10.9. The summed E-state index contributed by atoms with van der Waals surface area (Å²) in [6, 6.07) is 5.40. The number of nitrogens with zero attached hydrogens (tertiary/aromatic N) is 2. The number of likely N-dealkylation sites (N-methyl/N-ethyl adjacent to an activating group) is 1. The molecule has 0 saturated carbocycles. The first-order valence-electron chi connectivity index (χ1n) is 6.03. The lowest BCUT2D eigenvalue weighted by molar-refractivity contribution is -0.143. The summed E-state index contributed by atoms with van der Waals surface area (Å²) in [6.07, 6.45) is 0. The van der Waals surface area contributed by atoms with Gasteiger partial charge in [0.1, 0.15) is 6.04 Å². The Balaban J connectivity index is 2.16. The standard InChI is InChI=1S/C13H15N3O4/c1-15-10(17)6-16(7-11(15)18)9-4-2-8(3-5-9)12(14)13(19)20/h2-5,12H,6-7,14H2,1H3,(H,19,20). The first-order valence-corrected chi connectivity index (χ1v) is 6.03. The molecule has 1 aromatic carbocycles. The molecule has 2 rings (SSSR count). The van der Waals surface area contributed by atoms with E-state index in [0.29, 0.717) is 11.3 Å². The molecule has 1 aliphatic rings. The van der Waals surface area contributed by atoms with Gasteiger partial charge in [-0.15, -0.1) is 0 Å². The number of anilines is 1. The summed E-state index contributed by atoms with van der Waals surface area (Å²) in [6.45, 7) is 0.235. The van der Waals surface area contributed by atoms with Crippen LogP contribution in [0.15, 0.2) is 24.3 Å². The van der Waals surface area contributed by atoms with Crippen LogP contribution in [0, 0.1) is 0 Å². The number of benzene rings is 1. The van der Waals surface area contributed by atoms with Gasteiger partial charge >= 0.3 is 5.97 Å². The summed E-state index contributed by atoms with van der Waals surface area (Å²) in [4.78, 5) is 36.8. The molecule has 106 valence electrons. The smallest absolute Gasteiger partial charge is 0.325 e. The van der Waals surface area contributed by atoms with E-state index in [-0.39, 0.29) is 24.9 Å². The highest BCUT2D eigenvalue weighted by Crippen LogP contribution is 2.20. The van der Waals surface area contributed by atoms with Crippen molar-refractivity contribution in [3.05, 3.63) is 29.8 Å². The summed E-state index contributed by atoms with van der Waals surface area (Å²) < 4.78 is 0. The lowest BCUT2D eigenvalue weighted by atomic mass is 10.1. The number of piperazine rings is 1. The number of carbonyl (C=O) groups is 3. The number of amides is 2. The van der Waals surface area contributed by atoms with E-state index in [2.05, 4.69) is 0 Å². The normalized spacial score (nSPS) is 17.3. The van der Waals surface area contributed by atoms with Gasteiger partial charge in [-0.05, 0) is 17.7 Å². The van der Waals surface area contributed by atoms with Gasteiger partial charge in [-0.3, -0.25) is 19.3 Å². The van der Waals surface area contributed by atoms with Crippen molar-refractivity contribution < 1.29 is 19.5 Å². The van der Waals surface area contributed by atoms with Crippen LogP contribution >= 0.6 is 0 Å². The Labute approximate surface area is 115 Å². The van der Waals surface area contributed by atoms with Gasteiger partial charge in [-0.25, -0.2) is 0 Å². The van der Waals surface area contributed by atoms with Crippen LogP contribution in [0.2, 0.25) is 0 Å². The number of hydrogen-bond acceptors (Lipinski definition) is 5. The number of carboxylic acid groups (broad SMARTS) is 1. The van der Waals surface area contributed by atoms with E-state index in [4.69, 9.17) is 10.8 Å². The maximum absolute atomic E-state index is 11.6. The van der Waals surface area contributed by atoms with Crippen molar-refractivity contribution >= 4 is 23.5 Å². The molecule has 7 nitrogen and oxygen atoms in total. The van der Waals surface area contributed by atoms with Crippen LogP contribution < -0.4 is 10.6 Å². The predicted octanol–water partition coefficient (Wildman–Crippen LogP) is -0.424. The number of nitrogens with two attached hydrogens (primary N) is 1. The Kier molecular flexibility index (Phi) is 3.71. The zero-order chi connectivity index (χ0) is 14.9. The van der Waals surface area contributed by atoms with Gasteiger partial charge < -0.3 is 15.7 Å². The van der Waals surface area contributed by atoms with Gasteiger partial charge in [-0.1, -0.05) is 12.1 Å². The van der Waals surface area contributed by atoms with E-state index in [9.17, 15) is 14.4 Å². The maximum atomic E-state index is 11.6. The molecule has 1 heterocycles. The van der Waals surface area contributed by atoms with Crippen LogP contribution in [0.4, 0.5) is 5.69 Å². The average Bonchev–Trinajstić information content (AvgIpc) is 2.43. The second-order valence-electron chi connectivity index (χ2n) is 4.61. The second kappa shape index (κ2) is 5.30. The highest BCUT2D eigenvalue weighted by molar-refractivity contribution is 6.02. The third-order valence-corrected chi connectivity index (χ3v) is 3.28. The first kappa shape index (κ1) is 14.0. The summed E-state index contributed by atoms with van der Waals surface area (Å²) in [5.41, 5.74) is 6.65. The molecular weight excluding hydrogens is 262 g/mol. The van der Waals surface area contributed by atoms with Crippen molar-refractivity contribution in [2.24, 2.45) is 5.73 Å². The summed E-state index contributed by atoms with van der Waals surface area (Å²) in [7, 11) is 1.46. The molecule has 1 atom stereocenters. The van der Waals surface area contributed by atoms with Gasteiger partial charge in [0.15, 0.2) is 0 Å². The molecule has 1 saturated heterocycles. The molecule has 1 aliphatic heterocycles. The summed E-state index contributed by atoms with van der Waals surface area (Å²) >= 11 is 0. The van der Waals surface area contributed by atoms with Crippen molar-refractivity contribution in [1.82, 2.24) is 4.90 Å². The van der Waals surface area contributed by atoms with Gasteiger partial charge in [0.05, 0.1) is 13.1 Å². The van der Waals surface area contributed by atoms with Crippen molar-refractivity contribution in [2.45, 2.75) is 6.04 Å². The first-order chi connectivity index (χ1) is 9.40. The fraction of sp³-hybridized carbons (Fsp3) is 0.308. The Morgan fingerprint density at radius 1 is 1.20 bits per heavy atom. The number of rotatable bonds is 3. The lowest BCUT2D eigenvalue weighted by Gasteiger charge is -2.32. The molecule has 1 unspecified atom stereocenters. The fourth-order valence-electron chi connectivity index (χ4n) is 1.95.